The van der Waals surface area contributed by atoms with Crippen LogP contribution in [0.5, 0.6) is 0 Å². The summed E-state index contributed by atoms with van der Waals surface area (Å²) in [5.74, 6) is 0. The molecule has 1 aromatic heterocycles. The summed E-state index contributed by atoms with van der Waals surface area (Å²) >= 11 is 0. The molecule has 3 N–H and O–H groups in total. The van der Waals surface area contributed by atoms with Gasteiger partial charge in [0.2, 0.25) is 0 Å². The lowest BCUT2D eigenvalue weighted by Gasteiger charge is -2.13. The van der Waals surface area contributed by atoms with Crippen molar-refractivity contribution in [1.82, 2.24) is 4.98 Å². The molecule has 0 aliphatic heterocycles. The van der Waals surface area contributed by atoms with Gasteiger partial charge >= 0.3 is 0 Å². The van der Waals surface area contributed by atoms with Crippen molar-refractivity contribution in [3.05, 3.63) is 23.0 Å². The second-order valence-corrected chi connectivity index (χ2v) is 3.50. The van der Waals surface area contributed by atoms with Crippen LogP contribution in [0.1, 0.15) is 17.0 Å². The second kappa shape index (κ2) is 5.68. The molecule has 0 atom stereocenters. The first-order valence-electron chi connectivity index (χ1n) is 5.09. The predicted molar refractivity (Wildman–Crippen MR) is 62.0 cm³/mol. The topological polar surface area (TPSA) is 60.2 Å². The molecule has 0 saturated carbocycles. The zero-order valence-electron chi connectivity index (χ0n) is 9.63. The Kier molecular flexibility index (Phi) is 4.52. The summed E-state index contributed by atoms with van der Waals surface area (Å²) < 4.78 is 4.99. The molecule has 84 valence electrons. The molecular formula is C11H19N3O. The lowest BCUT2D eigenvalue weighted by Crippen LogP contribution is -2.13. The highest BCUT2D eigenvalue weighted by Gasteiger charge is 2.05. The molecule has 0 aliphatic carbocycles. The van der Waals surface area contributed by atoms with Crippen LogP contribution >= 0.6 is 0 Å². The van der Waals surface area contributed by atoms with Gasteiger partial charge in [-0.25, -0.2) is 0 Å². The number of nitrogens with zero attached hydrogens (tertiary/aromatic N) is 1. The number of hydrogen-bond acceptors (Lipinski definition) is 4. The van der Waals surface area contributed by atoms with Gasteiger partial charge in [0, 0.05) is 42.8 Å². The number of pyridine rings is 1. The summed E-state index contributed by atoms with van der Waals surface area (Å²) in [5, 5.41) is 3.30. The van der Waals surface area contributed by atoms with E-state index in [9.17, 15) is 0 Å². The average Bonchev–Trinajstić information content (AvgIpc) is 2.17. The van der Waals surface area contributed by atoms with Gasteiger partial charge in [0.15, 0.2) is 0 Å². The zero-order chi connectivity index (χ0) is 11.3. The first-order chi connectivity index (χ1) is 7.19. The minimum Gasteiger partial charge on any atom is -0.383 e. The van der Waals surface area contributed by atoms with Crippen molar-refractivity contribution < 1.29 is 4.74 Å². The van der Waals surface area contributed by atoms with Crippen LogP contribution in [0.4, 0.5) is 5.69 Å². The maximum absolute atomic E-state index is 5.69. The number of hydrogen-bond donors (Lipinski definition) is 2. The van der Waals surface area contributed by atoms with Crippen molar-refractivity contribution in [2.75, 3.05) is 25.6 Å². The summed E-state index contributed by atoms with van der Waals surface area (Å²) in [7, 11) is 1.69. The van der Waals surface area contributed by atoms with Crippen LogP contribution in [0, 0.1) is 13.8 Å². The largest absolute Gasteiger partial charge is 0.383 e. The number of methoxy groups -OCH3 is 1. The standard InChI is InChI=1S/C11H19N3O/c1-8-6-11(13-4-5-15-3)10(7-12)9(2)14-8/h6H,4-5,7,12H2,1-3H3,(H,13,14). The van der Waals surface area contributed by atoms with Crippen LogP contribution in [0.15, 0.2) is 6.07 Å². The number of rotatable bonds is 5. The molecule has 4 heteroatoms. The number of ether oxygens (including phenoxy) is 1. The fraction of sp³-hybridized carbons (Fsp3) is 0.545. The Morgan fingerprint density at radius 3 is 2.80 bits per heavy atom. The van der Waals surface area contributed by atoms with E-state index >= 15 is 0 Å². The Labute approximate surface area is 90.8 Å². The van der Waals surface area contributed by atoms with E-state index in [0.717, 1.165) is 29.2 Å². The third kappa shape index (κ3) is 3.18. The van der Waals surface area contributed by atoms with Crippen molar-refractivity contribution in [2.24, 2.45) is 5.73 Å². The van der Waals surface area contributed by atoms with E-state index in [0.29, 0.717) is 13.2 Å². The van der Waals surface area contributed by atoms with E-state index in [-0.39, 0.29) is 0 Å². The first-order valence-corrected chi connectivity index (χ1v) is 5.09. The SMILES string of the molecule is COCCNc1cc(C)nc(C)c1CN. The van der Waals surface area contributed by atoms with E-state index in [2.05, 4.69) is 10.3 Å². The lowest BCUT2D eigenvalue weighted by atomic mass is 10.1. The van der Waals surface area contributed by atoms with Gasteiger partial charge in [-0.15, -0.1) is 0 Å². The van der Waals surface area contributed by atoms with E-state index in [1.54, 1.807) is 7.11 Å². The van der Waals surface area contributed by atoms with E-state index < -0.39 is 0 Å². The number of nitrogens with two attached hydrogens (primary N) is 1. The number of anilines is 1. The fourth-order valence-electron chi connectivity index (χ4n) is 1.56. The van der Waals surface area contributed by atoms with Crippen LogP contribution in [0.2, 0.25) is 0 Å². The van der Waals surface area contributed by atoms with Crippen molar-refractivity contribution in [3.8, 4) is 0 Å². The van der Waals surface area contributed by atoms with Gasteiger partial charge in [-0.05, 0) is 19.9 Å². The minimum atomic E-state index is 0.508. The van der Waals surface area contributed by atoms with Gasteiger partial charge in [-0.1, -0.05) is 0 Å². The van der Waals surface area contributed by atoms with Gasteiger partial charge in [0.1, 0.15) is 0 Å². The monoisotopic (exact) mass is 209 g/mol. The molecule has 1 aromatic rings. The van der Waals surface area contributed by atoms with Crippen molar-refractivity contribution in [2.45, 2.75) is 20.4 Å². The Morgan fingerprint density at radius 1 is 1.47 bits per heavy atom. The third-order valence-corrected chi connectivity index (χ3v) is 2.28. The molecule has 1 heterocycles. The fourth-order valence-corrected chi connectivity index (χ4v) is 1.56. The highest BCUT2D eigenvalue weighted by atomic mass is 16.5. The van der Waals surface area contributed by atoms with Gasteiger partial charge in [0.25, 0.3) is 0 Å². The molecule has 0 radical (unpaired) electrons. The summed E-state index contributed by atoms with van der Waals surface area (Å²) in [5.41, 5.74) is 9.85. The highest BCUT2D eigenvalue weighted by Crippen LogP contribution is 2.18. The number of nitrogens with one attached hydrogen (secondary N) is 1. The minimum absolute atomic E-state index is 0.508. The van der Waals surface area contributed by atoms with Crippen LogP contribution in [0.25, 0.3) is 0 Å². The smallest absolute Gasteiger partial charge is 0.0635 e. The Hall–Kier alpha value is -1.13. The van der Waals surface area contributed by atoms with Crippen molar-refractivity contribution in [3.63, 3.8) is 0 Å². The Bertz CT molecular complexity index is 326. The maximum Gasteiger partial charge on any atom is 0.0635 e. The van der Waals surface area contributed by atoms with Gasteiger partial charge in [-0.3, -0.25) is 4.98 Å². The molecule has 4 nitrogen and oxygen atoms in total. The average molecular weight is 209 g/mol. The molecular weight excluding hydrogens is 190 g/mol. The predicted octanol–water partition coefficient (Wildman–Crippen LogP) is 1.22. The molecule has 0 spiro atoms. The van der Waals surface area contributed by atoms with Crippen LogP contribution < -0.4 is 11.1 Å². The van der Waals surface area contributed by atoms with Gasteiger partial charge in [0.05, 0.1) is 6.61 Å². The number of aromatic nitrogens is 1. The second-order valence-electron chi connectivity index (χ2n) is 3.50. The molecule has 0 fully saturated rings. The molecule has 0 amide bonds. The maximum atomic E-state index is 5.69. The number of aryl methyl sites for hydroxylation is 2. The highest BCUT2D eigenvalue weighted by molar-refractivity contribution is 5.53. The molecule has 0 bridgehead atoms. The molecule has 0 aliphatic rings. The van der Waals surface area contributed by atoms with Crippen molar-refractivity contribution in [1.29, 1.82) is 0 Å². The first kappa shape index (κ1) is 11.9. The van der Waals surface area contributed by atoms with Crippen molar-refractivity contribution >= 4 is 5.69 Å². The molecule has 1 rings (SSSR count). The van der Waals surface area contributed by atoms with Crippen LogP contribution in [-0.4, -0.2) is 25.2 Å². The lowest BCUT2D eigenvalue weighted by molar-refractivity contribution is 0.211. The molecule has 15 heavy (non-hydrogen) atoms. The summed E-state index contributed by atoms with van der Waals surface area (Å²) in [6, 6.07) is 2.02. The van der Waals surface area contributed by atoms with Crippen LogP contribution in [-0.2, 0) is 11.3 Å². The molecule has 0 unspecified atom stereocenters. The Balaban J connectivity index is 2.84. The van der Waals surface area contributed by atoms with Gasteiger partial charge in [-0.2, -0.15) is 0 Å². The normalized spacial score (nSPS) is 10.4. The van der Waals surface area contributed by atoms with E-state index in [1.807, 2.05) is 19.9 Å². The van der Waals surface area contributed by atoms with E-state index in [4.69, 9.17) is 10.5 Å². The third-order valence-electron chi connectivity index (χ3n) is 2.28. The molecule has 0 saturated heterocycles. The zero-order valence-corrected chi connectivity index (χ0v) is 9.63. The quantitative estimate of drug-likeness (QED) is 0.716. The summed E-state index contributed by atoms with van der Waals surface area (Å²) in [4.78, 5) is 4.38. The Morgan fingerprint density at radius 2 is 2.20 bits per heavy atom. The van der Waals surface area contributed by atoms with E-state index in [1.165, 1.54) is 0 Å². The summed E-state index contributed by atoms with van der Waals surface area (Å²) in [6.45, 7) is 5.94. The molecule has 0 aromatic carbocycles. The summed E-state index contributed by atoms with van der Waals surface area (Å²) in [6.07, 6.45) is 0. The van der Waals surface area contributed by atoms with Gasteiger partial charge < -0.3 is 15.8 Å². The van der Waals surface area contributed by atoms with Crippen LogP contribution in [0.3, 0.4) is 0 Å².